The molecule has 8 heteroatoms. The van der Waals surface area contributed by atoms with Crippen molar-refractivity contribution in [2.75, 3.05) is 18.4 Å². The highest BCUT2D eigenvalue weighted by atomic mass is 19.4. The summed E-state index contributed by atoms with van der Waals surface area (Å²) in [6.45, 7) is 2.78. The zero-order chi connectivity index (χ0) is 21.2. The van der Waals surface area contributed by atoms with E-state index in [9.17, 15) is 22.8 Å². The van der Waals surface area contributed by atoms with Gasteiger partial charge in [-0.1, -0.05) is 18.2 Å². The summed E-state index contributed by atoms with van der Waals surface area (Å²) in [6, 6.07) is 10.7. The summed E-state index contributed by atoms with van der Waals surface area (Å²) in [5, 5.41) is 2.88. The Morgan fingerprint density at radius 1 is 1.10 bits per heavy atom. The number of aryl methyl sites for hydroxylation is 1. The summed E-state index contributed by atoms with van der Waals surface area (Å²) in [5.41, 5.74) is 1.74. The summed E-state index contributed by atoms with van der Waals surface area (Å²) in [7, 11) is 0. The Balaban J connectivity index is 1.62. The number of benzene rings is 1. The molecule has 0 bridgehead atoms. The van der Waals surface area contributed by atoms with E-state index in [1.54, 1.807) is 11.8 Å². The van der Waals surface area contributed by atoms with Crippen molar-refractivity contribution in [1.82, 2.24) is 9.47 Å². The molecular formula is C21H24F3N3O2. The molecule has 0 saturated carbocycles. The van der Waals surface area contributed by atoms with Crippen LogP contribution >= 0.6 is 0 Å². The Hall–Kier alpha value is -2.77. The maximum atomic E-state index is 12.9. The van der Waals surface area contributed by atoms with Crippen LogP contribution in [0.3, 0.4) is 0 Å². The van der Waals surface area contributed by atoms with Gasteiger partial charge in [-0.2, -0.15) is 13.2 Å². The normalized spacial score (nSPS) is 15.4. The highest BCUT2D eigenvalue weighted by Crippen LogP contribution is 2.26. The maximum Gasteiger partial charge on any atom is 0.406 e. The molecule has 1 fully saturated rings. The Labute approximate surface area is 167 Å². The lowest BCUT2D eigenvalue weighted by Crippen LogP contribution is -2.41. The molecule has 2 aromatic rings. The second-order valence-corrected chi connectivity index (χ2v) is 7.41. The molecule has 1 saturated heterocycles. The number of hydrogen-bond donors (Lipinski definition) is 1. The number of piperidine rings is 1. The van der Waals surface area contributed by atoms with Crippen LogP contribution in [0, 0.1) is 19.8 Å². The fourth-order valence-electron chi connectivity index (χ4n) is 3.72. The highest BCUT2D eigenvalue weighted by molar-refractivity contribution is 5.96. The molecule has 3 rings (SSSR count). The van der Waals surface area contributed by atoms with Gasteiger partial charge in [-0.15, -0.1) is 0 Å². The number of para-hydroxylation sites is 1. The number of hydrogen-bond acceptors (Lipinski definition) is 2. The lowest BCUT2D eigenvalue weighted by molar-refractivity contribution is -0.141. The van der Waals surface area contributed by atoms with E-state index in [1.165, 1.54) is 13.0 Å². The third kappa shape index (κ3) is 4.99. The van der Waals surface area contributed by atoms with E-state index >= 15 is 0 Å². The number of alkyl halides is 3. The Kier molecular flexibility index (Phi) is 6.00. The van der Waals surface area contributed by atoms with Gasteiger partial charge in [0, 0.05) is 36.1 Å². The van der Waals surface area contributed by atoms with Crippen LogP contribution < -0.4 is 5.32 Å². The number of amides is 2. The first-order valence-corrected chi connectivity index (χ1v) is 9.54. The summed E-state index contributed by atoms with van der Waals surface area (Å²) in [6.07, 6.45) is -3.31. The van der Waals surface area contributed by atoms with Crippen molar-refractivity contribution in [1.29, 1.82) is 0 Å². The fraction of sp³-hybridized carbons (Fsp3) is 0.429. The van der Waals surface area contributed by atoms with Crippen LogP contribution in [0.15, 0.2) is 36.4 Å². The second-order valence-electron chi connectivity index (χ2n) is 7.41. The number of likely N-dealkylation sites (tertiary alicyclic amines) is 1. The van der Waals surface area contributed by atoms with Crippen LogP contribution in [0.2, 0.25) is 0 Å². The number of carbonyl (C=O) groups excluding carboxylic acids is 2. The number of aromatic nitrogens is 1. The Morgan fingerprint density at radius 3 is 2.31 bits per heavy atom. The van der Waals surface area contributed by atoms with Crippen molar-refractivity contribution in [3.05, 3.63) is 53.3 Å². The van der Waals surface area contributed by atoms with Crippen LogP contribution in [-0.4, -0.2) is 40.5 Å². The molecule has 29 heavy (non-hydrogen) atoms. The third-order valence-corrected chi connectivity index (χ3v) is 5.34. The molecule has 1 aromatic heterocycles. The molecule has 1 aliphatic heterocycles. The lowest BCUT2D eigenvalue weighted by Gasteiger charge is -2.31. The van der Waals surface area contributed by atoms with Crippen LogP contribution in [-0.2, 0) is 11.3 Å². The third-order valence-electron chi connectivity index (χ3n) is 5.34. The highest BCUT2D eigenvalue weighted by Gasteiger charge is 2.32. The zero-order valence-corrected chi connectivity index (χ0v) is 16.4. The van der Waals surface area contributed by atoms with E-state index in [4.69, 9.17) is 0 Å². The Bertz CT molecular complexity index is 883. The molecular weight excluding hydrogens is 383 g/mol. The lowest BCUT2D eigenvalue weighted by atomic mass is 9.95. The molecule has 156 valence electrons. The van der Waals surface area contributed by atoms with Gasteiger partial charge in [0.1, 0.15) is 6.54 Å². The van der Waals surface area contributed by atoms with Crippen LogP contribution in [0.25, 0.3) is 0 Å². The first-order chi connectivity index (χ1) is 13.7. The van der Waals surface area contributed by atoms with Gasteiger partial charge in [0.25, 0.3) is 5.91 Å². The second kappa shape index (κ2) is 8.31. The molecule has 0 unspecified atom stereocenters. The van der Waals surface area contributed by atoms with Crippen LogP contribution in [0.1, 0.15) is 34.6 Å². The standard InChI is InChI=1S/C21H24F3N3O2/c1-14-12-18(15(2)27(14)13-21(22,23)24)20(29)26-10-8-16(9-11-26)19(28)25-17-6-4-3-5-7-17/h3-7,12,16H,8-11,13H2,1-2H3,(H,25,28). The van der Waals surface area contributed by atoms with Gasteiger partial charge < -0.3 is 14.8 Å². The maximum absolute atomic E-state index is 12.9. The first-order valence-electron chi connectivity index (χ1n) is 9.54. The van der Waals surface area contributed by atoms with Crippen molar-refractivity contribution < 1.29 is 22.8 Å². The van der Waals surface area contributed by atoms with E-state index in [2.05, 4.69) is 5.32 Å². The summed E-state index contributed by atoms with van der Waals surface area (Å²) in [5.74, 6) is -0.558. The van der Waals surface area contributed by atoms with Gasteiger partial charge in [-0.25, -0.2) is 0 Å². The number of halogens is 3. The van der Waals surface area contributed by atoms with Gasteiger partial charge >= 0.3 is 6.18 Å². The monoisotopic (exact) mass is 407 g/mol. The van der Waals surface area contributed by atoms with Crippen molar-refractivity contribution in [3.63, 3.8) is 0 Å². The van der Waals surface area contributed by atoms with Gasteiger partial charge in [0.15, 0.2) is 0 Å². The minimum atomic E-state index is -4.35. The molecule has 1 N–H and O–H groups in total. The number of nitrogens with zero attached hydrogens (tertiary/aromatic N) is 2. The van der Waals surface area contributed by atoms with Crippen molar-refractivity contribution in [2.24, 2.45) is 5.92 Å². The molecule has 0 spiro atoms. The Morgan fingerprint density at radius 2 is 1.72 bits per heavy atom. The number of anilines is 1. The fourth-order valence-corrected chi connectivity index (χ4v) is 3.72. The van der Waals surface area contributed by atoms with Crippen molar-refractivity contribution in [2.45, 2.75) is 39.4 Å². The minimum absolute atomic E-state index is 0.0772. The van der Waals surface area contributed by atoms with Crippen molar-refractivity contribution in [3.8, 4) is 0 Å². The molecule has 1 aliphatic rings. The number of carbonyl (C=O) groups is 2. The topological polar surface area (TPSA) is 54.3 Å². The molecule has 0 atom stereocenters. The molecule has 5 nitrogen and oxygen atoms in total. The smallest absolute Gasteiger partial charge is 0.339 e. The van der Waals surface area contributed by atoms with Gasteiger partial charge in [-0.05, 0) is 44.9 Å². The van der Waals surface area contributed by atoms with Crippen LogP contribution in [0.4, 0.5) is 18.9 Å². The zero-order valence-electron chi connectivity index (χ0n) is 16.4. The van der Waals surface area contributed by atoms with Gasteiger partial charge in [0.2, 0.25) is 5.91 Å². The van der Waals surface area contributed by atoms with Gasteiger partial charge in [-0.3, -0.25) is 9.59 Å². The largest absolute Gasteiger partial charge is 0.406 e. The van der Waals surface area contributed by atoms with E-state index in [0.717, 1.165) is 10.3 Å². The molecule has 2 amide bonds. The van der Waals surface area contributed by atoms with E-state index < -0.39 is 12.7 Å². The molecule has 2 heterocycles. The predicted octanol–water partition coefficient (Wildman–Crippen LogP) is 4.16. The van der Waals surface area contributed by atoms with E-state index in [0.29, 0.717) is 42.9 Å². The molecule has 0 aliphatic carbocycles. The van der Waals surface area contributed by atoms with Crippen molar-refractivity contribution >= 4 is 17.5 Å². The molecule has 1 aromatic carbocycles. The average molecular weight is 407 g/mol. The van der Waals surface area contributed by atoms with E-state index in [-0.39, 0.29) is 17.7 Å². The summed E-state index contributed by atoms with van der Waals surface area (Å²) in [4.78, 5) is 26.9. The molecule has 0 radical (unpaired) electrons. The van der Waals surface area contributed by atoms with Gasteiger partial charge in [0.05, 0.1) is 5.56 Å². The number of rotatable bonds is 4. The summed E-state index contributed by atoms with van der Waals surface area (Å²) < 4.78 is 39.5. The average Bonchev–Trinajstić information content (AvgIpc) is 2.95. The predicted molar refractivity (Wildman–Crippen MR) is 104 cm³/mol. The quantitative estimate of drug-likeness (QED) is 0.828. The SMILES string of the molecule is Cc1cc(C(=O)N2CCC(C(=O)Nc3ccccc3)CC2)c(C)n1CC(F)(F)F. The summed E-state index contributed by atoms with van der Waals surface area (Å²) >= 11 is 0. The number of nitrogens with one attached hydrogen (secondary N) is 1. The minimum Gasteiger partial charge on any atom is -0.339 e. The van der Waals surface area contributed by atoms with E-state index in [1.807, 2.05) is 30.3 Å². The first kappa shape index (κ1) is 21.0. The van der Waals surface area contributed by atoms with Crippen LogP contribution in [0.5, 0.6) is 0 Å².